The van der Waals surface area contributed by atoms with Gasteiger partial charge in [0.1, 0.15) is 11.3 Å². The fourth-order valence-corrected chi connectivity index (χ4v) is 5.40. The number of hydrogen-bond donors (Lipinski definition) is 0. The van der Waals surface area contributed by atoms with Gasteiger partial charge in [0, 0.05) is 43.8 Å². The molecule has 0 saturated carbocycles. The molecule has 3 aromatic rings. The van der Waals surface area contributed by atoms with Gasteiger partial charge in [0.05, 0.1) is 6.54 Å². The average Bonchev–Trinajstić information content (AvgIpc) is 3.12. The van der Waals surface area contributed by atoms with E-state index in [1.807, 2.05) is 0 Å². The molecule has 1 atom stereocenters. The van der Waals surface area contributed by atoms with Crippen LogP contribution in [0.15, 0.2) is 30.3 Å². The molecule has 178 valence electrons. The maximum atomic E-state index is 4.88. The Kier molecular flexibility index (Phi) is 7.50. The van der Waals surface area contributed by atoms with Crippen LogP contribution in [0.4, 0.5) is 0 Å². The SMILES string of the molecule is CCc1nc2c(C)cc(C)nc2n1Cc1ccc(CCCN2CCN(C(C)C)C(C)C2)cc1. The molecule has 0 spiro atoms. The van der Waals surface area contributed by atoms with E-state index in [1.54, 1.807) is 0 Å². The van der Waals surface area contributed by atoms with Crippen molar-refractivity contribution in [3.05, 3.63) is 58.5 Å². The van der Waals surface area contributed by atoms with E-state index in [0.29, 0.717) is 12.1 Å². The van der Waals surface area contributed by atoms with Gasteiger partial charge in [0.15, 0.2) is 5.65 Å². The molecule has 1 unspecified atom stereocenters. The number of fused-ring (bicyclic) bond motifs is 1. The van der Waals surface area contributed by atoms with Gasteiger partial charge in [0.25, 0.3) is 0 Å². The Balaban J connectivity index is 1.35. The number of imidazole rings is 1. The molecule has 2 aromatic heterocycles. The van der Waals surface area contributed by atoms with Crippen molar-refractivity contribution < 1.29 is 0 Å². The van der Waals surface area contributed by atoms with E-state index < -0.39 is 0 Å². The van der Waals surface area contributed by atoms with Crippen molar-refractivity contribution in [1.82, 2.24) is 24.3 Å². The summed E-state index contributed by atoms with van der Waals surface area (Å²) in [6.45, 7) is 19.0. The largest absolute Gasteiger partial charge is 0.308 e. The molecular formula is C28H41N5. The lowest BCUT2D eigenvalue weighted by Gasteiger charge is -2.42. The maximum absolute atomic E-state index is 4.88. The van der Waals surface area contributed by atoms with Crippen LogP contribution in [0.3, 0.4) is 0 Å². The van der Waals surface area contributed by atoms with E-state index in [1.165, 1.54) is 49.3 Å². The van der Waals surface area contributed by atoms with Crippen LogP contribution in [0.5, 0.6) is 0 Å². The molecule has 0 amide bonds. The van der Waals surface area contributed by atoms with E-state index in [0.717, 1.165) is 42.1 Å². The summed E-state index contributed by atoms with van der Waals surface area (Å²) in [6, 6.07) is 12.6. The topological polar surface area (TPSA) is 37.2 Å². The Hall–Kier alpha value is -2.24. The third-order valence-corrected chi connectivity index (χ3v) is 7.15. The van der Waals surface area contributed by atoms with Crippen molar-refractivity contribution in [2.24, 2.45) is 0 Å². The van der Waals surface area contributed by atoms with E-state index in [2.05, 4.69) is 86.2 Å². The summed E-state index contributed by atoms with van der Waals surface area (Å²) >= 11 is 0. The standard InChI is InChI=1S/C28H41N5/c1-7-26-30-27-21(4)17-22(5)29-28(27)33(26)19-25-12-10-24(11-13-25)9-8-14-31-15-16-32(20(2)3)23(6)18-31/h10-13,17,20,23H,7-9,14-16,18-19H2,1-6H3. The zero-order valence-corrected chi connectivity index (χ0v) is 21.4. The second-order valence-electron chi connectivity index (χ2n) is 10.1. The number of hydrogen-bond acceptors (Lipinski definition) is 4. The van der Waals surface area contributed by atoms with E-state index in [9.17, 15) is 0 Å². The first kappa shape index (κ1) is 23.9. The highest BCUT2D eigenvalue weighted by molar-refractivity contribution is 5.76. The monoisotopic (exact) mass is 447 g/mol. The molecule has 1 aliphatic heterocycles. The van der Waals surface area contributed by atoms with Crippen LogP contribution in [0.25, 0.3) is 11.2 Å². The summed E-state index contributed by atoms with van der Waals surface area (Å²) in [7, 11) is 0. The van der Waals surface area contributed by atoms with Crippen molar-refractivity contribution in [3.63, 3.8) is 0 Å². The van der Waals surface area contributed by atoms with Crippen molar-refractivity contribution >= 4 is 11.2 Å². The third-order valence-electron chi connectivity index (χ3n) is 7.15. The number of piperazine rings is 1. The summed E-state index contributed by atoms with van der Waals surface area (Å²) in [5, 5.41) is 0. The second kappa shape index (κ2) is 10.4. The molecule has 5 heteroatoms. The van der Waals surface area contributed by atoms with E-state index in [4.69, 9.17) is 9.97 Å². The van der Waals surface area contributed by atoms with Gasteiger partial charge < -0.3 is 9.47 Å². The summed E-state index contributed by atoms with van der Waals surface area (Å²) in [5.74, 6) is 1.11. The van der Waals surface area contributed by atoms with Gasteiger partial charge in [-0.05, 0) is 76.8 Å². The van der Waals surface area contributed by atoms with Crippen LogP contribution < -0.4 is 0 Å². The van der Waals surface area contributed by atoms with Crippen LogP contribution in [0.2, 0.25) is 0 Å². The number of nitrogens with zero attached hydrogens (tertiary/aromatic N) is 5. The lowest BCUT2D eigenvalue weighted by atomic mass is 10.1. The molecule has 3 heterocycles. The highest BCUT2D eigenvalue weighted by atomic mass is 15.3. The smallest absolute Gasteiger partial charge is 0.160 e. The number of aryl methyl sites for hydroxylation is 4. The number of aromatic nitrogens is 3. The van der Waals surface area contributed by atoms with Gasteiger partial charge in [0.2, 0.25) is 0 Å². The Bertz CT molecular complexity index is 1070. The highest BCUT2D eigenvalue weighted by Crippen LogP contribution is 2.21. The molecule has 0 aliphatic carbocycles. The fourth-order valence-electron chi connectivity index (χ4n) is 5.40. The Morgan fingerprint density at radius 3 is 2.42 bits per heavy atom. The zero-order chi connectivity index (χ0) is 23.5. The molecule has 1 fully saturated rings. The number of pyridine rings is 1. The lowest BCUT2D eigenvalue weighted by molar-refractivity contribution is 0.0599. The number of rotatable bonds is 8. The minimum absolute atomic E-state index is 0.651. The van der Waals surface area contributed by atoms with E-state index >= 15 is 0 Å². The third kappa shape index (κ3) is 5.47. The predicted octanol–water partition coefficient (Wildman–Crippen LogP) is 5.01. The average molecular weight is 448 g/mol. The zero-order valence-electron chi connectivity index (χ0n) is 21.4. The summed E-state index contributed by atoms with van der Waals surface area (Å²) in [5.41, 5.74) is 7.06. The van der Waals surface area contributed by atoms with Crippen LogP contribution in [0.1, 0.15) is 62.3 Å². The first-order valence-corrected chi connectivity index (χ1v) is 12.7. The molecule has 1 aromatic carbocycles. The minimum atomic E-state index is 0.651. The van der Waals surface area contributed by atoms with Gasteiger partial charge in [-0.15, -0.1) is 0 Å². The first-order chi connectivity index (χ1) is 15.9. The summed E-state index contributed by atoms with van der Waals surface area (Å²) < 4.78 is 2.29. The van der Waals surface area contributed by atoms with Crippen molar-refractivity contribution in [3.8, 4) is 0 Å². The Labute approximate surface area is 199 Å². The molecule has 1 aliphatic rings. The van der Waals surface area contributed by atoms with Gasteiger partial charge in [-0.2, -0.15) is 0 Å². The first-order valence-electron chi connectivity index (χ1n) is 12.7. The molecule has 0 N–H and O–H groups in total. The van der Waals surface area contributed by atoms with Crippen LogP contribution in [-0.4, -0.2) is 62.6 Å². The Morgan fingerprint density at radius 1 is 1.03 bits per heavy atom. The van der Waals surface area contributed by atoms with Gasteiger partial charge in [-0.25, -0.2) is 9.97 Å². The Morgan fingerprint density at radius 2 is 1.76 bits per heavy atom. The van der Waals surface area contributed by atoms with Crippen molar-refractivity contribution in [1.29, 1.82) is 0 Å². The molecular weight excluding hydrogens is 406 g/mol. The van der Waals surface area contributed by atoms with Crippen LogP contribution in [-0.2, 0) is 19.4 Å². The van der Waals surface area contributed by atoms with E-state index in [-0.39, 0.29) is 0 Å². The summed E-state index contributed by atoms with van der Waals surface area (Å²) in [6.07, 6.45) is 3.28. The van der Waals surface area contributed by atoms with Crippen LogP contribution in [0, 0.1) is 13.8 Å². The van der Waals surface area contributed by atoms with Crippen molar-refractivity contribution in [2.45, 2.75) is 79.4 Å². The number of benzene rings is 1. The molecule has 1 saturated heterocycles. The highest BCUT2D eigenvalue weighted by Gasteiger charge is 2.24. The van der Waals surface area contributed by atoms with Gasteiger partial charge in [-0.3, -0.25) is 4.90 Å². The molecule has 4 rings (SSSR count). The molecule has 33 heavy (non-hydrogen) atoms. The molecule has 5 nitrogen and oxygen atoms in total. The molecule has 0 bridgehead atoms. The normalized spacial score (nSPS) is 18.0. The minimum Gasteiger partial charge on any atom is -0.308 e. The maximum Gasteiger partial charge on any atom is 0.160 e. The summed E-state index contributed by atoms with van der Waals surface area (Å²) in [4.78, 5) is 15.0. The van der Waals surface area contributed by atoms with Crippen molar-refractivity contribution in [2.75, 3.05) is 26.2 Å². The lowest BCUT2D eigenvalue weighted by Crippen LogP contribution is -2.54. The fraction of sp³-hybridized carbons (Fsp3) is 0.571. The predicted molar refractivity (Wildman–Crippen MR) is 138 cm³/mol. The second-order valence-corrected chi connectivity index (χ2v) is 10.1. The van der Waals surface area contributed by atoms with Gasteiger partial charge in [-0.1, -0.05) is 31.2 Å². The van der Waals surface area contributed by atoms with Gasteiger partial charge >= 0.3 is 0 Å². The molecule has 0 radical (unpaired) electrons. The van der Waals surface area contributed by atoms with Crippen LogP contribution >= 0.6 is 0 Å². The quantitative estimate of drug-likeness (QED) is 0.487.